The van der Waals surface area contributed by atoms with Gasteiger partial charge in [0.15, 0.2) is 0 Å². The number of aromatic amines is 1. The third-order valence-corrected chi connectivity index (χ3v) is 2.82. The molecule has 1 aromatic carbocycles. The molecule has 1 unspecified atom stereocenters. The van der Waals surface area contributed by atoms with Crippen molar-refractivity contribution in [1.29, 1.82) is 0 Å². The maximum atomic E-state index is 10.2. The molecule has 1 aliphatic heterocycles. The van der Waals surface area contributed by atoms with E-state index in [4.69, 9.17) is 4.74 Å². The highest BCUT2D eigenvalue weighted by atomic mass is 16.5. The first kappa shape index (κ1) is 9.42. The maximum Gasteiger partial charge on any atom is 0.140 e. The van der Waals surface area contributed by atoms with Gasteiger partial charge in [-0.2, -0.15) is 0 Å². The second-order valence-electron chi connectivity index (χ2n) is 3.81. The Morgan fingerprint density at radius 2 is 2.38 bits per heavy atom. The molecule has 2 heterocycles. The molecule has 3 rings (SSSR count). The highest BCUT2D eigenvalue weighted by Gasteiger charge is 2.22. The molecule has 0 amide bonds. The number of ether oxygens (including phenoxy) is 1. The quantitative estimate of drug-likeness (QED) is 0.798. The molecule has 16 heavy (non-hydrogen) atoms. The lowest BCUT2D eigenvalue weighted by Crippen LogP contribution is -2.03. The normalized spacial score (nSPS) is 15.6. The Hall–Kier alpha value is -1.81. The number of aliphatic hydroxyl groups is 1. The Balaban J connectivity index is 2.04. The van der Waals surface area contributed by atoms with Crippen molar-refractivity contribution >= 4 is 0 Å². The van der Waals surface area contributed by atoms with Crippen LogP contribution in [0.15, 0.2) is 30.6 Å². The highest BCUT2D eigenvalue weighted by Crippen LogP contribution is 2.34. The number of hydrogen-bond donors (Lipinski definition) is 2. The SMILES string of the molecule is OC(c1ncc[nH]1)c1cccc2c1OCC2. The van der Waals surface area contributed by atoms with Gasteiger partial charge in [-0.15, -0.1) is 0 Å². The molecule has 2 N–H and O–H groups in total. The van der Waals surface area contributed by atoms with E-state index in [9.17, 15) is 5.11 Å². The van der Waals surface area contributed by atoms with Crippen molar-refractivity contribution in [2.75, 3.05) is 6.61 Å². The molecular formula is C12H12N2O2. The molecule has 4 nitrogen and oxygen atoms in total. The summed E-state index contributed by atoms with van der Waals surface area (Å²) >= 11 is 0. The van der Waals surface area contributed by atoms with Crippen molar-refractivity contribution in [3.63, 3.8) is 0 Å². The molecule has 4 heteroatoms. The van der Waals surface area contributed by atoms with E-state index in [1.165, 1.54) is 0 Å². The zero-order valence-corrected chi connectivity index (χ0v) is 8.68. The second-order valence-corrected chi connectivity index (χ2v) is 3.81. The van der Waals surface area contributed by atoms with Crippen LogP contribution in [0, 0.1) is 0 Å². The topological polar surface area (TPSA) is 58.1 Å². The zero-order chi connectivity index (χ0) is 11.0. The summed E-state index contributed by atoms with van der Waals surface area (Å²) in [5.74, 6) is 1.36. The molecule has 0 fully saturated rings. The first-order valence-corrected chi connectivity index (χ1v) is 5.28. The van der Waals surface area contributed by atoms with Crippen molar-refractivity contribution in [2.24, 2.45) is 0 Å². The summed E-state index contributed by atoms with van der Waals surface area (Å²) in [6, 6.07) is 5.84. The largest absolute Gasteiger partial charge is 0.493 e. The number of H-pyrrole nitrogens is 1. The van der Waals surface area contributed by atoms with Crippen LogP contribution in [0.2, 0.25) is 0 Å². The Labute approximate surface area is 92.9 Å². The number of aromatic nitrogens is 2. The second kappa shape index (κ2) is 3.64. The maximum absolute atomic E-state index is 10.2. The summed E-state index contributed by atoms with van der Waals surface area (Å²) in [6.07, 6.45) is 3.49. The average Bonchev–Trinajstić information content (AvgIpc) is 2.98. The minimum absolute atomic E-state index is 0.545. The monoisotopic (exact) mass is 216 g/mol. The summed E-state index contributed by atoms with van der Waals surface area (Å²) in [7, 11) is 0. The van der Waals surface area contributed by atoms with E-state index in [1.54, 1.807) is 12.4 Å². The van der Waals surface area contributed by atoms with Crippen LogP contribution < -0.4 is 4.74 Å². The number of aliphatic hydroxyl groups excluding tert-OH is 1. The van der Waals surface area contributed by atoms with Crippen molar-refractivity contribution in [2.45, 2.75) is 12.5 Å². The summed E-state index contributed by atoms with van der Waals surface area (Å²) in [6.45, 7) is 0.692. The van der Waals surface area contributed by atoms with Crippen molar-refractivity contribution in [3.05, 3.63) is 47.5 Å². The zero-order valence-electron chi connectivity index (χ0n) is 8.68. The van der Waals surface area contributed by atoms with Gasteiger partial charge in [-0.25, -0.2) is 4.98 Å². The summed E-state index contributed by atoms with van der Waals surface area (Å²) in [4.78, 5) is 6.97. The van der Waals surface area contributed by atoms with Crippen LogP contribution >= 0.6 is 0 Å². The van der Waals surface area contributed by atoms with Crippen molar-refractivity contribution < 1.29 is 9.84 Å². The van der Waals surface area contributed by atoms with Gasteiger partial charge in [0, 0.05) is 24.4 Å². The predicted molar refractivity (Wildman–Crippen MR) is 58.3 cm³/mol. The van der Waals surface area contributed by atoms with Crippen molar-refractivity contribution in [1.82, 2.24) is 9.97 Å². The number of nitrogens with one attached hydrogen (secondary N) is 1. The number of imidazole rings is 1. The van der Waals surface area contributed by atoms with Gasteiger partial charge in [-0.05, 0) is 5.56 Å². The van der Waals surface area contributed by atoms with Crippen molar-refractivity contribution in [3.8, 4) is 5.75 Å². The number of hydrogen-bond acceptors (Lipinski definition) is 3. The summed E-state index contributed by atoms with van der Waals surface area (Å²) < 4.78 is 5.55. The Bertz CT molecular complexity index is 494. The minimum atomic E-state index is -0.747. The highest BCUT2D eigenvalue weighted by molar-refractivity contribution is 5.46. The van der Waals surface area contributed by atoms with Crippen LogP contribution in [-0.4, -0.2) is 21.7 Å². The fraction of sp³-hybridized carbons (Fsp3) is 0.250. The molecule has 82 valence electrons. The van der Waals surface area contributed by atoms with E-state index in [0.29, 0.717) is 12.4 Å². The van der Waals surface area contributed by atoms with E-state index in [-0.39, 0.29) is 0 Å². The van der Waals surface area contributed by atoms with E-state index in [2.05, 4.69) is 9.97 Å². The number of rotatable bonds is 2. The number of benzene rings is 1. The van der Waals surface area contributed by atoms with Gasteiger partial charge in [0.1, 0.15) is 17.7 Å². The summed E-state index contributed by atoms with van der Waals surface area (Å²) in [5, 5.41) is 10.2. The molecule has 1 aromatic heterocycles. The number of nitrogens with zero attached hydrogens (tertiary/aromatic N) is 1. The third-order valence-electron chi connectivity index (χ3n) is 2.82. The standard InChI is InChI=1S/C12H12N2O2/c15-10(12-13-5-6-14-12)9-3-1-2-8-4-7-16-11(8)9/h1-3,5-6,10,15H,4,7H2,(H,13,14). The van der Waals surface area contributed by atoms with Crippen LogP contribution in [0.1, 0.15) is 23.1 Å². The van der Waals surface area contributed by atoms with Crippen LogP contribution in [0.3, 0.4) is 0 Å². The molecule has 0 bridgehead atoms. The first-order chi connectivity index (χ1) is 7.86. The number of para-hydroxylation sites is 1. The predicted octanol–water partition coefficient (Wildman–Crippen LogP) is 1.43. The van der Waals surface area contributed by atoms with E-state index < -0.39 is 6.10 Å². The van der Waals surface area contributed by atoms with Gasteiger partial charge in [0.2, 0.25) is 0 Å². The van der Waals surface area contributed by atoms with Gasteiger partial charge in [0.05, 0.1) is 6.61 Å². The lowest BCUT2D eigenvalue weighted by molar-refractivity contribution is 0.205. The molecule has 0 saturated carbocycles. The lowest BCUT2D eigenvalue weighted by atomic mass is 10.0. The first-order valence-electron chi connectivity index (χ1n) is 5.28. The van der Waals surface area contributed by atoms with E-state index in [0.717, 1.165) is 23.3 Å². The summed E-state index contributed by atoms with van der Waals surface area (Å²) in [5.41, 5.74) is 1.94. The van der Waals surface area contributed by atoms with Gasteiger partial charge in [-0.3, -0.25) is 0 Å². The molecule has 2 aromatic rings. The molecule has 1 atom stereocenters. The number of fused-ring (bicyclic) bond motifs is 1. The molecular weight excluding hydrogens is 204 g/mol. The van der Waals surface area contributed by atoms with Crippen LogP contribution in [0.25, 0.3) is 0 Å². The van der Waals surface area contributed by atoms with Gasteiger partial charge < -0.3 is 14.8 Å². The van der Waals surface area contributed by atoms with Crippen LogP contribution in [-0.2, 0) is 6.42 Å². The molecule has 0 saturated heterocycles. The van der Waals surface area contributed by atoms with Gasteiger partial charge in [0.25, 0.3) is 0 Å². The molecule has 0 spiro atoms. The Morgan fingerprint density at radius 1 is 1.44 bits per heavy atom. The van der Waals surface area contributed by atoms with Crippen LogP contribution in [0.5, 0.6) is 5.75 Å². The van der Waals surface area contributed by atoms with Gasteiger partial charge >= 0.3 is 0 Å². The fourth-order valence-electron chi connectivity index (χ4n) is 2.03. The molecule has 0 aliphatic carbocycles. The molecule has 0 radical (unpaired) electrons. The van der Waals surface area contributed by atoms with E-state index >= 15 is 0 Å². The molecule has 1 aliphatic rings. The Morgan fingerprint density at radius 3 is 3.19 bits per heavy atom. The van der Waals surface area contributed by atoms with Gasteiger partial charge in [-0.1, -0.05) is 18.2 Å². The average molecular weight is 216 g/mol. The fourth-order valence-corrected chi connectivity index (χ4v) is 2.03. The smallest absolute Gasteiger partial charge is 0.140 e. The van der Waals surface area contributed by atoms with E-state index in [1.807, 2.05) is 18.2 Å². The minimum Gasteiger partial charge on any atom is -0.493 e. The third kappa shape index (κ3) is 1.39. The van der Waals surface area contributed by atoms with Crippen LogP contribution in [0.4, 0.5) is 0 Å². The Kier molecular flexibility index (Phi) is 2.15. The lowest BCUT2D eigenvalue weighted by Gasteiger charge is -2.12.